The molecule has 0 aliphatic heterocycles. The van der Waals surface area contributed by atoms with Crippen LogP contribution in [0, 0.1) is 5.92 Å². The van der Waals surface area contributed by atoms with Crippen LogP contribution >= 0.6 is 0 Å². The minimum Gasteiger partial charge on any atom is -0.469 e. The normalized spacial score (nSPS) is 23.4. The van der Waals surface area contributed by atoms with E-state index in [4.69, 9.17) is 4.74 Å². The molecule has 4 rings (SSSR count). The summed E-state index contributed by atoms with van der Waals surface area (Å²) in [4.78, 5) is 32.7. The number of methoxy groups -OCH3 is 1. The van der Waals surface area contributed by atoms with Crippen molar-refractivity contribution >= 4 is 23.0 Å². The maximum Gasteiger partial charge on any atom is 0.308 e. The molecule has 25 heavy (non-hydrogen) atoms. The molecule has 2 aromatic heterocycles. The van der Waals surface area contributed by atoms with E-state index < -0.39 is 0 Å². The van der Waals surface area contributed by atoms with Crippen molar-refractivity contribution in [1.82, 2.24) is 19.9 Å². The van der Waals surface area contributed by atoms with Gasteiger partial charge >= 0.3 is 5.97 Å². The van der Waals surface area contributed by atoms with Crippen LogP contribution in [0.4, 0.5) is 0 Å². The zero-order chi connectivity index (χ0) is 17.4. The van der Waals surface area contributed by atoms with Crippen LogP contribution in [0.5, 0.6) is 0 Å². The Morgan fingerprint density at radius 1 is 1.24 bits per heavy atom. The van der Waals surface area contributed by atoms with Crippen molar-refractivity contribution < 1.29 is 14.3 Å². The van der Waals surface area contributed by atoms with Crippen LogP contribution in [0.1, 0.15) is 54.9 Å². The third kappa shape index (κ3) is 2.99. The van der Waals surface area contributed by atoms with Crippen molar-refractivity contribution in [2.45, 2.75) is 50.6 Å². The summed E-state index contributed by atoms with van der Waals surface area (Å²) in [5.74, 6) is -0.470. The van der Waals surface area contributed by atoms with Crippen LogP contribution in [0.15, 0.2) is 18.6 Å². The van der Waals surface area contributed by atoms with Gasteiger partial charge in [-0.05, 0) is 31.7 Å². The fourth-order valence-electron chi connectivity index (χ4n) is 3.86. The second-order valence-corrected chi connectivity index (χ2v) is 7.02. The molecule has 2 saturated carbocycles. The molecule has 2 aromatic rings. The van der Waals surface area contributed by atoms with Crippen LogP contribution in [0.25, 0.3) is 11.2 Å². The smallest absolute Gasteiger partial charge is 0.308 e. The highest BCUT2D eigenvalue weighted by molar-refractivity contribution is 5.96. The molecule has 1 amide bonds. The van der Waals surface area contributed by atoms with Crippen LogP contribution in [-0.4, -0.2) is 39.6 Å². The quantitative estimate of drug-likeness (QED) is 0.861. The molecule has 132 valence electrons. The lowest BCUT2D eigenvalue weighted by Crippen LogP contribution is -2.47. The Balaban J connectivity index is 1.43. The minimum atomic E-state index is -0.203. The first kappa shape index (κ1) is 16.1. The average molecular weight is 342 g/mol. The Morgan fingerprint density at radius 3 is 2.72 bits per heavy atom. The second kappa shape index (κ2) is 6.46. The maximum absolute atomic E-state index is 12.4. The van der Waals surface area contributed by atoms with E-state index in [1.54, 1.807) is 12.3 Å². The number of rotatable bonds is 4. The lowest BCUT2D eigenvalue weighted by Gasteiger charge is -2.33. The number of hydrogen-bond acceptors (Lipinski definition) is 5. The largest absolute Gasteiger partial charge is 0.469 e. The number of esters is 1. The summed E-state index contributed by atoms with van der Waals surface area (Å²) < 4.78 is 6.85. The monoisotopic (exact) mass is 342 g/mol. The van der Waals surface area contributed by atoms with Crippen molar-refractivity contribution in [2.75, 3.05) is 7.11 Å². The molecule has 0 unspecified atom stereocenters. The average Bonchev–Trinajstić information content (AvgIpc) is 3.24. The summed E-state index contributed by atoms with van der Waals surface area (Å²) in [5, 5.41) is 2.95. The van der Waals surface area contributed by atoms with Crippen molar-refractivity contribution in [3.8, 4) is 0 Å². The summed E-state index contributed by atoms with van der Waals surface area (Å²) in [6.45, 7) is 0. The van der Waals surface area contributed by atoms with Gasteiger partial charge in [0.25, 0.3) is 5.91 Å². The SMILES string of the molecule is COC(=O)C1CC(NC(=O)c2cnc3c(c2)ncn3C2CCCC2)C1. The van der Waals surface area contributed by atoms with Gasteiger partial charge in [-0.1, -0.05) is 12.8 Å². The van der Waals surface area contributed by atoms with E-state index in [9.17, 15) is 9.59 Å². The fraction of sp³-hybridized carbons (Fsp3) is 0.556. The van der Waals surface area contributed by atoms with Gasteiger partial charge in [0.2, 0.25) is 0 Å². The van der Waals surface area contributed by atoms with E-state index in [0.29, 0.717) is 24.4 Å². The van der Waals surface area contributed by atoms with Crippen LogP contribution < -0.4 is 5.32 Å². The lowest BCUT2D eigenvalue weighted by molar-refractivity contribution is -0.149. The van der Waals surface area contributed by atoms with E-state index in [1.165, 1.54) is 32.8 Å². The highest BCUT2D eigenvalue weighted by atomic mass is 16.5. The highest BCUT2D eigenvalue weighted by Crippen LogP contribution is 2.32. The Hall–Kier alpha value is -2.44. The number of hydrogen-bond donors (Lipinski definition) is 1. The van der Waals surface area contributed by atoms with Crippen molar-refractivity contribution in [2.24, 2.45) is 5.92 Å². The molecule has 0 saturated heterocycles. The van der Waals surface area contributed by atoms with Gasteiger partial charge in [0.05, 0.1) is 24.9 Å². The lowest BCUT2D eigenvalue weighted by atomic mass is 9.80. The number of carbonyl (C=O) groups is 2. The summed E-state index contributed by atoms with van der Waals surface area (Å²) in [6, 6.07) is 2.28. The number of fused-ring (bicyclic) bond motifs is 1. The summed E-state index contributed by atoms with van der Waals surface area (Å²) in [5.41, 5.74) is 2.10. The third-order valence-electron chi connectivity index (χ3n) is 5.40. The highest BCUT2D eigenvalue weighted by Gasteiger charge is 2.36. The van der Waals surface area contributed by atoms with Gasteiger partial charge in [-0.25, -0.2) is 9.97 Å². The maximum atomic E-state index is 12.4. The Bertz CT molecular complexity index is 804. The number of carbonyl (C=O) groups excluding carboxylic acids is 2. The number of imidazole rings is 1. The predicted octanol–water partition coefficient (Wildman–Crippen LogP) is 2.23. The van der Waals surface area contributed by atoms with Gasteiger partial charge < -0.3 is 14.6 Å². The summed E-state index contributed by atoms with van der Waals surface area (Å²) >= 11 is 0. The van der Waals surface area contributed by atoms with Gasteiger partial charge in [-0.3, -0.25) is 9.59 Å². The standard InChI is InChI=1S/C18H22N4O3/c1-25-18(24)11-6-13(7-11)21-17(23)12-8-15-16(19-9-12)22(10-20-15)14-4-2-3-5-14/h8-11,13-14H,2-7H2,1H3,(H,21,23). The molecule has 2 fully saturated rings. The molecule has 0 aromatic carbocycles. The molecular formula is C18H22N4O3. The number of pyridine rings is 1. The van der Waals surface area contributed by atoms with Crippen LogP contribution in [0.2, 0.25) is 0 Å². The molecule has 1 N–H and O–H groups in total. The van der Waals surface area contributed by atoms with E-state index in [2.05, 4.69) is 19.9 Å². The van der Waals surface area contributed by atoms with Gasteiger partial charge in [0.1, 0.15) is 5.52 Å². The summed E-state index contributed by atoms with van der Waals surface area (Å²) in [7, 11) is 1.39. The fourth-order valence-corrected chi connectivity index (χ4v) is 3.86. The van der Waals surface area contributed by atoms with Crippen LogP contribution in [0.3, 0.4) is 0 Å². The molecule has 0 atom stereocenters. The van der Waals surface area contributed by atoms with Gasteiger partial charge in [-0.2, -0.15) is 0 Å². The first-order valence-electron chi connectivity index (χ1n) is 8.87. The van der Waals surface area contributed by atoms with Crippen molar-refractivity contribution in [3.63, 3.8) is 0 Å². The van der Waals surface area contributed by atoms with E-state index >= 15 is 0 Å². The van der Waals surface area contributed by atoms with E-state index in [-0.39, 0.29) is 23.8 Å². The Morgan fingerprint density at radius 2 is 2.00 bits per heavy atom. The molecular weight excluding hydrogens is 320 g/mol. The second-order valence-electron chi connectivity index (χ2n) is 7.02. The van der Waals surface area contributed by atoms with Gasteiger partial charge in [-0.15, -0.1) is 0 Å². The minimum absolute atomic E-state index is 0.0170. The van der Waals surface area contributed by atoms with E-state index in [0.717, 1.165) is 11.2 Å². The predicted molar refractivity (Wildman–Crippen MR) is 91.0 cm³/mol. The van der Waals surface area contributed by atoms with Gasteiger partial charge in [0, 0.05) is 18.3 Å². The first-order valence-corrected chi connectivity index (χ1v) is 8.87. The molecule has 2 aliphatic carbocycles. The number of amides is 1. The molecule has 7 nitrogen and oxygen atoms in total. The first-order chi connectivity index (χ1) is 12.2. The zero-order valence-electron chi connectivity index (χ0n) is 14.3. The van der Waals surface area contributed by atoms with E-state index in [1.807, 2.05) is 6.33 Å². The molecule has 2 aliphatic rings. The number of aromatic nitrogens is 3. The zero-order valence-corrected chi connectivity index (χ0v) is 14.3. The Kier molecular flexibility index (Phi) is 4.15. The van der Waals surface area contributed by atoms with Crippen molar-refractivity contribution in [1.29, 1.82) is 0 Å². The van der Waals surface area contributed by atoms with Crippen molar-refractivity contribution in [3.05, 3.63) is 24.2 Å². The van der Waals surface area contributed by atoms with Crippen LogP contribution in [-0.2, 0) is 9.53 Å². The van der Waals surface area contributed by atoms with Gasteiger partial charge in [0.15, 0.2) is 5.65 Å². The molecule has 0 bridgehead atoms. The summed E-state index contributed by atoms with van der Waals surface area (Å²) in [6.07, 6.45) is 9.53. The number of nitrogens with zero attached hydrogens (tertiary/aromatic N) is 3. The molecule has 0 radical (unpaired) electrons. The third-order valence-corrected chi connectivity index (χ3v) is 5.40. The number of ether oxygens (including phenoxy) is 1. The topological polar surface area (TPSA) is 86.1 Å². The molecule has 0 spiro atoms. The molecule has 7 heteroatoms. The molecule has 2 heterocycles. The number of nitrogens with one attached hydrogen (secondary N) is 1. The Labute approximate surface area is 145 Å².